The predicted molar refractivity (Wildman–Crippen MR) is 249 cm³/mol. The van der Waals surface area contributed by atoms with Gasteiger partial charge in [-0.2, -0.15) is 0 Å². The van der Waals surface area contributed by atoms with Crippen molar-refractivity contribution >= 4 is 28.4 Å². The first kappa shape index (κ1) is 34.6. The van der Waals surface area contributed by atoms with Crippen molar-refractivity contribution in [3.63, 3.8) is 0 Å². The monoisotopic (exact) mass is 766 g/mol. The number of hydrogen-bond donors (Lipinski definition) is 0. The molecule has 12 rings (SSSR count). The quantitative estimate of drug-likeness (QED) is 0.159. The Labute approximate surface area is 352 Å². The lowest BCUT2D eigenvalue weighted by molar-refractivity contribution is 0.725. The van der Waals surface area contributed by atoms with Crippen molar-refractivity contribution in [3.8, 4) is 33.4 Å². The molecule has 0 radical (unpaired) electrons. The van der Waals surface area contributed by atoms with Gasteiger partial charge in [-0.1, -0.05) is 170 Å². The molecule has 0 amide bonds. The van der Waals surface area contributed by atoms with Crippen molar-refractivity contribution in [3.05, 3.63) is 258 Å². The number of anilines is 5. The van der Waals surface area contributed by atoms with Crippen molar-refractivity contribution in [2.45, 2.75) is 24.3 Å². The summed E-state index contributed by atoms with van der Waals surface area (Å²) in [4.78, 5) is 5.07. The van der Waals surface area contributed by atoms with E-state index in [-0.39, 0.29) is 0 Å². The van der Waals surface area contributed by atoms with Gasteiger partial charge < -0.3 is 9.80 Å². The minimum absolute atomic E-state index is 0.422. The van der Waals surface area contributed by atoms with E-state index in [1.807, 2.05) is 0 Å². The van der Waals surface area contributed by atoms with E-state index < -0.39 is 5.41 Å². The van der Waals surface area contributed by atoms with Crippen LogP contribution in [0.25, 0.3) is 33.4 Å². The highest BCUT2D eigenvalue weighted by Crippen LogP contribution is 2.57. The van der Waals surface area contributed by atoms with Crippen molar-refractivity contribution in [1.29, 1.82) is 0 Å². The predicted octanol–water partition coefficient (Wildman–Crippen LogP) is 14.5. The summed E-state index contributed by atoms with van der Waals surface area (Å²) in [5, 5.41) is 0. The minimum Gasteiger partial charge on any atom is -0.337 e. The van der Waals surface area contributed by atoms with E-state index in [9.17, 15) is 0 Å². The van der Waals surface area contributed by atoms with Crippen LogP contribution in [-0.2, 0) is 18.3 Å². The topological polar surface area (TPSA) is 6.48 Å². The summed E-state index contributed by atoms with van der Waals surface area (Å²) in [7, 11) is 0. The smallest absolute Gasteiger partial charge is 0.0714 e. The second kappa shape index (κ2) is 13.9. The Balaban J connectivity index is 1.01. The van der Waals surface area contributed by atoms with Gasteiger partial charge in [-0.3, -0.25) is 0 Å². The standard InChI is InChI=1S/C58H42N2/c1-5-15-40(16-6-1)42-25-28-48(29-26-42)59(49-31-34-57-45(36-49)38-51-37-44-35-43(27-33-56(44)60(51)57)41-17-7-2-8-18-41)50-30-32-53-52-23-13-14-24-54(52)58(55(53)39-50,46-19-9-3-10-20-46)47-21-11-4-12-22-47/h1-36,39,51H,37-38H2. The van der Waals surface area contributed by atoms with Crippen LogP contribution >= 0.6 is 0 Å². The van der Waals surface area contributed by atoms with E-state index in [1.54, 1.807) is 0 Å². The maximum Gasteiger partial charge on any atom is 0.0714 e. The van der Waals surface area contributed by atoms with Gasteiger partial charge in [0, 0.05) is 34.5 Å². The Hall–Kier alpha value is -7.42. The van der Waals surface area contributed by atoms with Gasteiger partial charge >= 0.3 is 0 Å². The van der Waals surface area contributed by atoms with Crippen LogP contribution in [0, 0.1) is 0 Å². The fourth-order valence-electron chi connectivity index (χ4n) is 10.6. The lowest BCUT2D eigenvalue weighted by Gasteiger charge is -2.35. The van der Waals surface area contributed by atoms with Gasteiger partial charge in [0.1, 0.15) is 0 Å². The minimum atomic E-state index is -0.482. The Bertz CT molecular complexity index is 2990. The summed E-state index contributed by atoms with van der Waals surface area (Å²) in [6.45, 7) is 0. The molecule has 0 saturated carbocycles. The zero-order chi connectivity index (χ0) is 39.6. The van der Waals surface area contributed by atoms with E-state index in [4.69, 9.17) is 0 Å². The summed E-state index contributed by atoms with van der Waals surface area (Å²) in [5.41, 5.74) is 21.2. The third kappa shape index (κ3) is 5.34. The molecule has 284 valence electrons. The number of hydrogen-bond acceptors (Lipinski definition) is 2. The SMILES string of the molecule is c1ccc(-c2ccc(N(c3ccc4c(c3)CC3Cc5cc(-c6ccccc6)ccc5N43)c3ccc4c(c3)C(c3ccccc3)(c3ccccc3)c3ccccc3-4)cc2)cc1. The van der Waals surface area contributed by atoms with Crippen LogP contribution in [0.2, 0.25) is 0 Å². The van der Waals surface area contributed by atoms with E-state index in [0.717, 1.165) is 24.2 Å². The summed E-state index contributed by atoms with van der Waals surface area (Å²) < 4.78 is 0. The van der Waals surface area contributed by atoms with Gasteiger partial charge in [0.25, 0.3) is 0 Å². The molecule has 0 aromatic heterocycles. The fourth-order valence-corrected chi connectivity index (χ4v) is 10.6. The van der Waals surface area contributed by atoms with Gasteiger partial charge in [0.05, 0.1) is 5.41 Å². The second-order valence-corrected chi connectivity index (χ2v) is 16.5. The second-order valence-electron chi connectivity index (χ2n) is 16.5. The van der Waals surface area contributed by atoms with Crippen molar-refractivity contribution in [1.82, 2.24) is 0 Å². The first-order chi connectivity index (χ1) is 29.7. The first-order valence-electron chi connectivity index (χ1n) is 21.2. The molecule has 2 heteroatoms. The summed E-state index contributed by atoms with van der Waals surface area (Å²) in [6.07, 6.45) is 2.07. The summed E-state index contributed by atoms with van der Waals surface area (Å²) in [6, 6.07) is 83.6. The number of fused-ring (bicyclic) bond motifs is 8. The van der Waals surface area contributed by atoms with Crippen LogP contribution in [0.15, 0.2) is 224 Å². The Kier molecular flexibility index (Phi) is 7.99. The highest BCUT2D eigenvalue weighted by Gasteiger charge is 2.46. The highest BCUT2D eigenvalue weighted by molar-refractivity contribution is 5.90. The molecule has 2 heterocycles. The zero-order valence-electron chi connectivity index (χ0n) is 33.2. The van der Waals surface area contributed by atoms with Gasteiger partial charge in [-0.25, -0.2) is 0 Å². The fraction of sp³-hybridized carbons (Fsp3) is 0.0690. The van der Waals surface area contributed by atoms with Crippen LogP contribution in [-0.4, -0.2) is 6.04 Å². The number of benzene rings is 9. The molecular weight excluding hydrogens is 725 g/mol. The summed E-state index contributed by atoms with van der Waals surface area (Å²) in [5.74, 6) is 0. The maximum absolute atomic E-state index is 2.60. The van der Waals surface area contributed by atoms with Crippen LogP contribution in [0.3, 0.4) is 0 Å². The molecule has 1 unspecified atom stereocenters. The average Bonchev–Trinajstić information content (AvgIpc) is 3.96. The van der Waals surface area contributed by atoms with Crippen molar-refractivity contribution in [2.75, 3.05) is 9.80 Å². The van der Waals surface area contributed by atoms with Crippen molar-refractivity contribution < 1.29 is 0 Å². The summed E-state index contributed by atoms with van der Waals surface area (Å²) >= 11 is 0. The van der Waals surface area contributed by atoms with Crippen LogP contribution < -0.4 is 9.80 Å². The zero-order valence-corrected chi connectivity index (χ0v) is 33.2. The molecule has 3 aliphatic rings. The lowest BCUT2D eigenvalue weighted by Crippen LogP contribution is -2.28. The molecule has 0 N–H and O–H groups in total. The molecule has 0 bridgehead atoms. The van der Waals surface area contributed by atoms with E-state index in [1.165, 1.54) is 83.8 Å². The maximum atomic E-state index is 2.60. The first-order valence-corrected chi connectivity index (χ1v) is 21.2. The molecule has 0 saturated heterocycles. The van der Waals surface area contributed by atoms with E-state index >= 15 is 0 Å². The molecule has 1 aliphatic carbocycles. The number of rotatable bonds is 7. The molecule has 0 fully saturated rings. The van der Waals surface area contributed by atoms with Gasteiger partial charge in [-0.05, 0) is 134 Å². The normalized spacial score (nSPS) is 15.1. The highest BCUT2D eigenvalue weighted by atomic mass is 15.2. The van der Waals surface area contributed by atoms with Gasteiger partial charge in [0.2, 0.25) is 0 Å². The average molecular weight is 767 g/mol. The van der Waals surface area contributed by atoms with Gasteiger partial charge in [0.15, 0.2) is 0 Å². The third-order valence-corrected chi connectivity index (χ3v) is 13.2. The Morgan fingerprint density at radius 2 is 0.833 bits per heavy atom. The van der Waals surface area contributed by atoms with E-state index in [0.29, 0.717) is 6.04 Å². The largest absolute Gasteiger partial charge is 0.337 e. The van der Waals surface area contributed by atoms with Crippen LogP contribution in [0.5, 0.6) is 0 Å². The van der Waals surface area contributed by atoms with Crippen LogP contribution in [0.1, 0.15) is 33.4 Å². The molecule has 2 nitrogen and oxygen atoms in total. The Morgan fingerprint density at radius 1 is 0.367 bits per heavy atom. The third-order valence-electron chi connectivity index (χ3n) is 13.2. The molecule has 60 heavy (non-hydrogen) atoms. The molecule has 1 atom stereocenters. The van der Waals surface area contributed by atoms with Gasteiger partial charge in [-0.15, -0.1) is 0 Å². The molecule has 9 aromatic carbocycles. The Morgan fingerprint density at radius 3 is 1.50 bits per heavy atom. The molecule has 2 aliphatic heterocycles. The number of nitrogens with zero attached hydrogens (tertiary/aromatic N) is 2. The lowest BCUT2D eigenvalue weighted by atomic mass is 9.67. The van der Waals surface area contributed by atoms with Crippen molar-refractivity contribution in [2.24, 2.45) is 0 Å². The van der Waals surface area contributed by atoms with Crippen LogP contribution in [0.4, 0.5) is 28.4 Å². The molecular formula is C58H42N2. The molecule has 9 aromatic rings. The molecule has 0 spiro atoms. The van der Waals surface area contributed by atoms with E-state index in [2.05, 4.69) is 234 Å².